The Morgan fingerprint density at radius 3 is 2.61 bits per heavy atom. The number of carboxylic acid groups (broad SMARTS) is 1. The van der Waals surface area contributed by atoms with Crippen molar-refractivity contribution in [3.63, 3.8) is 0 Å². The van der Waals surface area contributed by atoms with E-state index in [9.17, 15) is 19.5 Å². The van der Waals surface area contributed by atoms with Crippen molar-refractivity contribution in [3.05, 3.63) is 0 Å². The van der Waals surface area contributed by atoms with Crippen LogP contribution in [-0.4, -0.2) is 56.9 Å². The van der Waals surface area contributed by atoms with E-state index < -0.39 is 24.1 Å². The van der Waals surface area contributed by atoms with Crippen molar-refractivity contribution in [2.75, 3.05) is 0 Å². The number of aliphatic carboxylic acids is 1. The quantitative estimate of drug-likeness (QED) is 0.853. The molecule has 0 spiro atoms. The standard InChI is InChI=1S/C17H26N2O4/c1-3-6-13(17(22)23)18-10(2)15(20)19-12-8-5-4-7-11(12)9-14(19)16(18)21/h10-14H,3-9H2,1-2H3,(H,22,23)/t10-,11-,12-,13+,14-/m0/s1. The number of carbonyl (C=O) groups excluding carboxylic acids is 2. The third-order valence-corrected chi connectivity index (χ3v) is 5.84. The first-order valence-corrected chi connectivity index (χ1v) is 8.84. The maximum absolute atomic E-state index is 13.0. The van der Waals surface area contributed by atoms with E-state index in [0.29, 0.717) is 25.2 Å². The number of hydrogen-bond donors (Lipinski definition) is 1. The Morgan fingerprint density at radius 2 is 1.96 bits per heavy atom. The summed E-state index contributed by atoms with van der Waals surface area (Å²) in [4.78, 5) is 40.7. The Kier molecular flexibility index (Phi) is 4.34. The Balaban J connectivity index is 1.90. The topological polar surface area (TPSA) is 77.9 Å². The third kappa shape index (κ3) is 2.52. The van der Waals surface area contributed by atoms with Gasteiger partial charge in [-0.3, -0.25) is 9.59 Å². The molecule has 1 aliphatic carbocycles. The second-order valence-electron chi connectivity index (χ2n) is 7.17. The molecule has 128 valence electrons. The van der Waals surface area contributed by atoms with Crippen LogP contribution in [0.4, 0.5) is 0 Å². The predicted molar refractivity (Wildman–Crippen MR) is 83.6 cm³/mol. The van der Waals surface area contributed by atoms with Gasteiger partial charge in [0.15, 0.2) is 0 Å². The highest BCUT2D eigenvalue weighted by molar-refractivity contribution is 5.99. The molecule has 0 bridgehead atoms. The molecule has 5 atom stereocenters. The van der Waals surface area contributed by atoms with Crippen LogP contribution in [0.15, 0.2) is 0 Å². The number of hydrogen-bond acceptors (Lipinski definition) is 3. The van der Waals surface area contributed by atoms with Gasteiger partial charge in [-0.15, -0.1) is 0 Å². The maximum atomic E-state index is 13.0. The number of fused-ring (bicyclic) bond motifs is 3. The lowest BCUT2D eigenvalue weighted by Gasteiger charge is -2.45. The van der Waals surface area contributed by atoms with E-state index in [1.165, 1.54) is 4.90 Å². The van der Waals surface area contributed by atoms with Crippen LogP contribution >= 0.6 is 0 Å². The molecule has 1 N–H and O–H groups in total. The lowest BCUT2D eigenvalue weighted by molar-refractivity contribution is -0.168. The Morgan fingerprint density at radius 1 is 1.26 bits per heavy atom. The summed E-state index contributed by atoms with van der Waals surface area (Å²) in [6.45, 7) is 3.57. The normalized spacial score (nSPS) is 35.0. The van der Waals surface area contributed by atoms with Gasteiger partial charge in [-0.1, -0.05) is 26.2 Å². The summed E-state index contributed by atoms with van der Waals surface area (Å²) in [6, 6.07) is -1.82. The number of nitrogens with zero attached hydrogens (tertiary/aromatic N) is 2. The summed E-state index contributed by atoms with van der Waals surface area (Å²) in [5.41, 5.74) is 0. The SMILES string of the molecule is CCC[C@H](C(=O)O)N1C(=O)[C@@H]2C[C@@H]3CCCC[C@@H]3N2C(=O)[C@@H]1C. The fraction of sp³-hybridized carbons (Fsp3) is 0.824. The Bertz CT molecular complexity index is 521. The van der Waals surface area contributed by atoms with Crippen LogP contribution in [0.1, 0.15) is 58.8 Å². The molecule has 0 radical (unpaired) electrons. The molecule has 2 heterocycles. The second kappa shape index (κ2) is 6.13. The highest BCUT2D eigenvalue weighted by Crippen LogP contribution is 2.43. The Hall–Kier alpha value is -1.59. The molecule has 3 aliphatic rings. The first-order chi connectivity index (χ1) is 11.0. The minimum Gasteiger partial charge on any atom is -0.480 e. The number of piperazine rings is 1. The molecule has 0 aromatic carbocycles. The van der Waals surface area contributed by atoms with E-state index in [2.05, 4.69) is 0 Å². The van der Waals surface area contributed by atoms with Gasteiger partial charge in [0, 0.05) is 6.04 Å². The fourth-order valence-electron chi connectivity index (χ4n) is 4.77. The minimum atomic E-state index is -1.01. The molecular weight excluding hydrogens is 296 g/mol. The highest BCUT2D eigenvalue weighted by atomic mass is 16.4. The molecule has 0 aromatic heterocycles. The number of carbonyl (C=O) groups is 3. The zero-order valence-electron chi connectivity index (χ0n) is 13.9. The van der Waals surface area contributed by atoms with Gasteiger partial charge in [-0.05, 0) is 38.5 Å². The van der Waals surface area contributed by atoms with Crippen LogP contribution in [-0.2, 0) is 14.4 Å². The number of amides is 2. The van der Waals surface area contributed by atoms with Crippen LogP contribution in [0.5, 0.6) is 0 Å². The molecule has 0 unspecified atom stereocenters. The van der Waals surface area contributed by atoms with Crippen LogP contribution in [0, 0.1) is 5.92 Å². The van der Waals surface area contributed by atoms with Crippen molar-refractivity contribution < 1.29 is 19.5 Å². The molecule has 3 rings (SSSR count). The van der Waals surface area contributed by atoms with Gasteiger partial charge < -0.3 is 14.9 Å². The van der Waals surface area contributed by atoms with Crippen molar-refractivity contribution in [1.29, 1.82) is 0 Å². The molecule has 2 saturated heterocycles. The summed E-state index contributed by atoms with van der Waals surface area (Å²) >= 11 is 0. The number of carboxylic acids is 1. The Labute approximate surface area is 136 Å². The van der Waals surface area contributed by atoms with Gasteiger partial charge in [-0.25, -0.2) is 4.79 Å². The molecule has 23 heavy (non-hydrogen) atoms. The van der Waals surface area contributed by atoms with E-state index >= 15 is 0 Å². The van der Waals surface area contributed by atoms with Crippen molar-refractivity contribution >= 4 is 17.8 Å². The third-order valence-electron chi connectivity index (χ3n) is 5.84. The molecule has 6 heteroatoms. The minimum absolute atomic E-state index is 0.0636. The largest absolute Gasteiger partial charge is 0.480 e. The predicted octanol–water partition coefficient (Wildman–Crippen LogP) is 1.63. The van der Waals surface area contributed by atoms with Crippen molar-refractivity contribution in [3.8, 4) is 0 Å². The number of rotatable bonds is 4. The van der Waals surface area contributed by atoms with Gasteiger partial charge >= 0.3 is 5.97 Å². The van der Waals surface area contributed by atoms with Gasteiger partial charge in [0.2, 0.25) is 11.8 Å². The summed E-state index contributed by atoms with van der Waals surface area (Å²) in [5, 5.41) is 9.51. The van der Waals surface area contributed by atoms with E-state index in [1.807, 2.05) is 6.92 Å². The van der Waals surface area contributed by atoms with Gasteiger partial charge in [0.05, 0.1) is 0 Å². The van der Waals surface area contributed by atoms with Crippen molar-refractivity contribution in [2.24, 2.45) is 5.92 Å². The summed E-state index contributed by atoms with van der Waals surface area (Å²) < 4.78 is 0. The fourth-order valence-corrected chi connectivity index (χ4v) is 4.77. The second-order valence-corrected chi connectivity index (χ2v) is 7.17. The molecule has 2 amide bonds. The van der Waals surface area contributed by atoms with Crippen LogP contribution in [0.2, 0.25) is 0 Å². The first-order valence-electron chi connectivity index (χ1n) is 8.84. The van der Waals surface area contributed by atoms with Crippen LogP contribution < -0.4 is 0 Å². The van der Waals surface area contributed by atoms with Gasteiger partial charge in [-0.2, -0.15) is 0 Å². The average molecular weight is 322 g/mol. The van der Waals surface area contributed by atoms with E-state index in [-0.39, 0.29) is 17.9 Å². The molecule has 3 fully saturated rings. The van der Waals surface area contributed by atoms with Crippen LogP contribution in [0.3, 0.4) is 0 Å². The lowest BCUT2D eigenvalue weighted by Crippen LogP contribution is -2.66. The molecule has 0 aromatic rings. The first kappa shape index (κ1) is 16.3. The van der Waals surface area contributed by atoms with Crippen molar-refractivity contribution in [2.45, 2.75) is 83.0 Å². The molecular formula is C17H26N2O4. The summed E-state index contributed by atoms with van der Waals surface area (Å²) in [7, 11) is 0. The molecule has 1 saturated carbocycles. The molecule has 6 nitrogen and oxygen atoms in total. The van der Waals surface area contributed by atoms with Gasteiger partial charge in [0.1, 0.15) is 18.1 Å². The van der Waals surface area contributed by atoms with Crippen molar-refractivity contribution in [1.82, 2.24) is 9.80 Å². The van der Waals surface area contributed by atoms with E-state index in [4.69, 9.17) is 0 Å². The molecule has 2 aliphatic heterocycles. The van der Waals surface area contributed by atoms with E-state index in [1.54, 1.807) is 11.8 Å². The monoisotopic (exact) mass is 322 g/mol. The van der Waals surface area contributed by atoms with E-state index in [0.717, 1.165) is 25.7 Å². The maximum Gasteiger partial charge on any atom is 0.326 e. The van der Waals surface area contributed by atoms with Crippen LogP contribution in [0.25, 0.3) is 0 Å². The highest BCUT2D eigenvalue weighted by Gasteiger charge is 2.55. The lowest BCUT2D eigenvalue weighted by atomic mass is 9.85. The van der Waals surface area contributed by atoms with Gasteiger partial charge in [0.25, 0.3) is 0 Å². The summed E-state index contributed by atoms with van der Waals surface area (Å²) in [5.74, 6) is -0.828. The zero-order chi connectivity index (χ0) is 16.7. The summed E-state index contributed by atoms with van der Waals surface area (Å²) in [6.07, 6.45) is 6.08. The smallest absolute Gasteiger partial charge is 0.326 e. The zero-order valence-corrected chi connectivity index (χ0v) is 13.9. The average Bonchev–Trinajstić information content (AvgIpc) is 2.91.